The summed E-state index contributed by atoms with van der Waals surface area (Å²) in [4.78, 5) is 0. The van der Waals surface area contributed by atoms with Gasteiger partial charge in [-0.25, -0.2) is 0 Å². The zero-order valence-electron chi connectivity index (χ0n) is 21.9. The second kappa shape index (κ2) is 9.74. The third-order valence-electron chi connectivity index (χ3n) is 7.70. The van der Waals surface area contributed by atoms with E-state index < -0.39 is 0 Å². The van der Waals surface area contributed by atoms with E-state index in [0.717, 1.165) is 0 Å². The zero-order valence-corrected chi connectivity index (χ0v) is 21.9. The van der Waals surface area contributed by atoms with Gasteiger partial charge in [0.05, 0.1) is 0 Å². The monoisotopic (exact) mass is 496 g/mol. The lowest BCUT2D eigenvalue weighted by Crippen LogP contribution is -1.92. The minimum Gasteiger partial charge on any atom is -0.0622 e. The first-order chi connectivity index (χ1) is 19.3. The van der Waals surface area contributed by atoms with Gasteiger partial charge in [-0.3, -0.25) is 0 Å². The lowest BCUT2D eigenvalue weighted by Gasteiger charge is -2.19. The van der Waals surface area contributed by atoms with Crippen molar-refractivity contribution in [3.63, 3.8) is 0 Å². The van der Waals surface area contributed by atoms with Crippen molar-refractivity contribution in [1.29, 1.82) is 0 Å². The lowest BCUT2D eigenvalue weighted by molar-refractivity contribution is 1.51. The molecule has 0 nitrogen and oxygen atoms in total. The van der Waals surface area contributed by atoms with Crippen LogP contribution in [0.3, 0.4) is 0 Å². The number of fused-ring (bicyclic) bond motifs is 2. The largest absolute Gasteiger partial charge is 0.0622 e. The second-order valence-corrected chi connectivity index (χ2v) is 10.2. The van der Waals surface area contributed by atoms with Crippen LogP contribution in [-0.4, -0.2) is 0 Å². The van der Waals surface area contributed by atoms with Gasteiger partial charge >= 0.3 is 0 Å². The van der Waals surface area contributed by atoms with Crippen LogP contribution in [0.4, 0.5) is 0 Å². The molecule has 0 aliphatic rings. The Hall–Kier alpha value is -4.94. The van der Waals surface area contributed by atoms with Gasteiger partial charge in [0.25, 0.3) is 0 Å². The predicted molar refractivity (Wildman–Crippen MR) is 168 cm³/mol. The van der Waals surface area contributed by atoms with Crippen LogP contribution in [0.5, 0.6) is 0 Å². The van der Waals surface area contributed by atoms with E-state index in [9.17, 15) is 0 Å². The van der Waals surface area contributed by atoms with Gasteiger partial charge in [0.2, 0.25) is 0 Å². The first kappa shape index (κ1) is 23.2. The molecule has 0 aromatic heterocycles. The SMILES string of the molecule is Cc1ccc2c(-c3cccc(-c4ccccc4)c3)c3ccccc3c(-c3cccc(-c4ccccc4)c3)c2c1. The highest BCUT2D eigenvalue weighted by atomic mass is 14.2. The maximum absolute atomic E-state index is 2.36. The molecule has 39 heavy (non-hydrogen) atoms. The Morgan fingerprint density at radius 3 is 1.23 bits per heavy atom. The Morgan fingerprint density at radius 2 is 0.692 bits per heavy atom. The summed E-state index contributed by atoms with van der Waals surface area (Å²) >= 11 is 0. The number of benzene rings is 7. The van der Waals surface area contributed by atoms with Gasteiger partial charge in [0.15, 0.2) is 0 Å². The predicted octanol–water partition coefficient (Wildman–Crippen LogP) is 11.0. The lowest BCUT2D eigenvalue weighted by atomic mass is 9.84. The van der Waals surface area contributed by atoms with Crippen molar-refractivity contribution in [2.75, 3.05) is 0 Å². The van der Waals surface area contributed by atoms with Gasteiger partial charge in [-0.15, -0.1) is 0 Å². The molecule has 0 amide bonds. The molecule has 0 unspecified atom stereocenters. The van der Waals surface area contributed by atoms with Gasteiger partial charge in [-0.1, -0.05) is 145 Å². The molecule has 184 valence electrons. The maximum Gasteiger partial charge on any atom is -0.00261 e. The van der Waals surface area contributed by atoms with Crippen LogP contribution in [-0.2, 0) is 0 Å². The van der Waals surface area contributed by atoms with Crippen molar-refractivity contribution in [2.24, 2.45) is 0 Å². The fourth-order valence-electron chi connectivity index (χ4n) is 5.88. The zero-order chi connectivity index (χ0) is 26.2. The number of hydrogen-bond acceptors (Lipinski definition) is 0. The summed E-state index contributed by atoms with van der Waals surface area (Å²) in [5.41, 5.74) is 11.3. The van der Waals surface area contributed by atoms with E-state index in [1.807, 2.05) is 0 Å². The molecule has 0 aliphatic carbocycles. The third-order valence-corrected chi connectivity index (χ3v) is 7.70. The Morgan fingerprint density at radius 1 is 0.282 bits per heavy atom. The van der Waals surface area contributed by atoms with Gasteiger partial charge in [-0.05, 0) is 85.1 Å². The van der Waals surface area contributed by atoms with Crippen LogP contribution in [0.25, 0.3) is 66.1 Å². The summed E-state index contributed by atoms with van der Waals surface area (Å²) in [5, 5.41) is 5.13. The fourth-order valence-corrected chi connectivity index (χ4v) is 5.88. The van der Waals surface area contributed by atoms with Gasteiger partial charge in [-0.2, -0.15) is 0 Å². The molecule has 7 aromatic carbocycles. The quantitative estimate of drug-likeness (QED) is 0.213. The summed E-state index contributed by atoms with van der Waals surface area (Å²) in [6.45, 7) is 2.19. The van der Waals surface area contributed by atoms with Crippen molar-refractivity contribution in [3.05, 3.63) is 157 Å². The minimum atomic E-state index is 1.23. The molecule has 0 saturated carbocycles. The van der Waals surface area contributed by atoms with Crippen molar-refractivity contribution in [2.45, 2.75) is 6.92 Å². The second-order valence-electron chi connectivity index (χ2n) is 10.2. The van der Waals surface area contributed by atoms with Gasteiger partial charge in [0.1, 0.15) is 0 Å². The van der Waals surface area contributed by atoms with E-state index in [1.54, 1.807) is 0 Å². The Labute approximate surface area is 229 Å². The summed E-state index contributed by atoms with van der Waals surface area (Å²) in [7, 11) is 0. The standard InChI is InChI=1S/C39H28/c1-27-22-23-36-37(24-27)39(33-19-11-17-31(26-33)29-14-6-3-7-15-29)35-21-9-8-20-34(35)38(36)32-18-10-16-30(25-32)28-12-4-2-5-13-28/h2-26H,1H3. The summed E-state index contributed by atoms with van der Waals surface area (Å²) in [6.07, 6.45) is 0. The van der Waals surface area contributed by atoms with Gasteiger partial charge < -0.3 is 0 Å². The average molecular weight is 497 g/mol. The van der Waals surface area contributed by atoms with Crippen LogP contribution in [0, 0.1) is 6.92 Å². The molecule has 0 heterocycles. The summed E-state index contributed by atoms with van der Waals surface area (Å²) < 4.78 is 0. The molecule has 0 atom stereocenters. The van der Waals surface area contributed by atoms with Crippen molar-refractivity contribution < 1.29 is 0 Å². The molecule has 0 saturated heterocycles. The van der Waals surface area contributed by atoms with Crippen molar-refractivity contribution >= 4 is 21.5 Å². The minimum absolute atomic E-state index is 1.23. The number of rotatable bonds is 4. The highest BCUT2D eigenvalue weighted by Gasteiger charge is 2.17. The summed E-state index contributed by atoms with van der Waals surface area (Å²) in [6, 6.07) is 55.1. The third kappa shape index (κ3) is 4.21. The van der Waals surface area contributed by atoms with E-state index in [4.69, 9.17) is 0 Å². The summed E-state index contributed by atoms with van der Waals surface area (Å²) in [5.74, 6) is 0. The number of aryl methyl sites for hydroxylation is 1. The first-order valence-corrected chi connectivity index (χ1v) is 13.5. The maximum atomic E-state index is 2.36. The van der Waals surface area contributed by atoms with E-state index in [-0.39, 0.29) is 0 Å². The van der Waals surface area contributed by atoms with Crippen LogP contribution >= 0.6 is 0 Å². The molecule has 0 radical (unpaired) electrons. The van der Waals surface area contributed by atoms with E-state index >= 15 is 0 Å². The van der Waals surface area contributed by atoms with E-state index in [0.29, 0.717) is 0 Å². The molecule has 7 rings (SSSR count). The fraction of sp³-hybridized carbons (Fsp3) is 0.0256. The van der Waals surface area contributed by atoms with Crippen molar-refractivity contribution in [1.82, 2.24) is 0 Å². The van der Waals surface area contributed by atoms with Crippen LogP contribution in [0.1, 0.15) is 5.56 Å². The highest BCUT2D eigenvalue weighted by Crippen LogP contribution is 2.45. The van der Waals surface area contributed by atoms with Crippen LogP contribution in [0.2, 0.25) is 0 Å². The Kier molecular flexibility index (Phi) is 5.79. The van der Waals surface area contributed by atoms with Crippen LogP contribution < -0.4 is 0 Å². The highest BCUT2D eigenvalue weighted by molar-refractivity contribution is 6.21. The average Bonchev–Trinajstić information content (AvgIpc) is 3.01. The van der Waals surface area contributed by atoms with Crippen molar-refractivity contribution in [3.8, 4) is 44.5 Å². The molecule has 0 bridgehead atoms. The Bertz CT molecular complexity index is 1950. The normalized spacial score (nSPS) is 11.2. The Balaban J connectivity index is 1.53. The molecule has 0 N–H and O–H groups in total. The number of hydrogen-bond donors (Lipinski definition) is 0. The van der Waals surface area contributed by atoms with E-state index in [1.165, 1.54) is 71.6 Å². The van der Waals surface area contributed by atoms with Crippen LogP contribution in [0.15, 0.2) is 152 Å². The molecule has 0 fully saturated rings. The topological polar surface area (TPSA) is 0 Å². The molecular formula is C39H28. The molecule has 0 spiro atoms. The molecular weight excluding hydrogens is 468 g/mol. The van der Waals surface area contributed by atoms with E-state index in [2.05, 4.69) is 159 Å². The first-order valence-electron chi connectivity index (χ1n) is 13.5. The smallest absolute Gasteiger partial charge is 0.00261 e. The molecule has 7 aromatic rings. The van der Waals surface area contributed by atoms with Gasteiger partial charge in [0, 0.05) is 0 Å². The molecule has 0 heteroatoms. The molecule has 0 aliphatic heterocycles.